The Kier molecular flexibility index (Phi) is 3.73. The molecule has 6 heteroatoms. The van der Waals surface area contributed by atoms with Crippen LogP contribution in [0.3, 0.4) is 0 Å². The second-order valence-electron chi connectivity index (χ2n) is 5.74. The van der Waals surface area contributed by atoms with E-state index in [2.05, 4.69) is 10.6 Å². The zero-order valence-electron chi connectivity index (χ0n) is 11.9. The Hall–Kier alpha value is -1.79. The first-order valence-corrected chi connectivity index (χ1v) is 7.20. The van der Waals surface area contributed by atoms with Crippen molar-refractivity contribution in [3.05, 3.63) is 23.8 Å². The number of carboxylic acid groups (broad SMARTS) is 1. The number of aliphatic hydroxyl groups excluding tert-OH is 1. The van der Waals surface area contributed by atoms with Gasteiger partial charge in [0.05, 0.1) is 12.0 Å². The minimum atomic E-state index is -0.738. The SMILES string of the molecule is CNc1ccc2c(c1)OC[C@H](N[C@H]1C[C@@H](C(=O)O)C1)[C@@H]2O. The van der Waals surface area contributed by atoms with E-state index in [9.17, 15) is 9.90 Å². The molecule has 2 aliphatic rings. The number of anilines is 1. The van der Waals surface area contributed by atoms with Crippen LogP contribution in [-0.2, 0) is 4.79 Å². The summed E-state index contributed by atoms with van der Waals surface area (Å²) in [5.74, 6) is -0.294. The highest BCUT2D eigenvalue weighted by atomic mass is 16.5. The molecule has 0 saturated heterocycles. The summed E-state index contributed by atoms with van der Waals surface area (Å²) in [6.07, 6.45) is 0.595. The Labute approximate surface area is 123 Å². The fourth-order valence-electron chi connectivity index (χ4n) is 2.94. The fraction of sp³-hybridized carbons (Fsp3) is 0.533. The molecule has 3 rings (SSSR count). The molecule has 4 N–H and O–H groups in total. The fourth-order valence-corrected chi connectivity index (χ4v) is 2.94. The first-order chi connectivity index (χ1) is 10.1. The molecule has 0 bridgehead atoms. The number of aliphatic hydroxyl groups is 1. The van der Waals surface area contributed by atoms with Crippen LogP contribution in [0.1, 0.15) is 24.5 Å². The molecule has 1 aliphatic carbocycles. The maximum atomic E-state index is 10.8. The van der Waals surface area contributed by atoms with Gasteiger partial charge in [-0.15, -0.1) is 0 Å². The molecule has 1 fully saturated rings. The van der Waals surface area contributed by atoms with E-state index in [-0.39, 0.29) is 18.0 Å². The van der Waals surface area contributed by atoms with Crippen molar-refractivity contribution in [2.75, 3.05) is 19.0 Å². The van der Waals surface area contributed by atoms with E-state index in [4.69, 9.17) is 9.84 Å². The monoisotopic (exact) mass is 292 g/mol. The second-order valence-corrected chi connectivity index (χ2v) is 5.74. The molecule has 0 spiro atoms. The molecule has 6 nitrogen and oxygen atoms in total. The third kappa shape index (κ3) is 2.69. The van der Waals surface area contributed by atoms with Crippen LogP contribution in [0.15, 0.2) is 18.2 Å². The lowest BCUT2D eigenvalue weighted by molar-refractivity contribution is -0.145. The largest absolute Gasteiger partial charge is 0.491 e. The van der Waals surface area contributed by atoms with Gasteiger partial charge in [-0.3, -0.25) is 4.79 Å². The van der Waals surface area contributed by atoms with Crippen LogP contribution in [0.5, 0.6) is 5.75 Å². The van der Waals surface area contributed by atoms with Crippen molar-refractivity contribution in [1.82, 2.24) is 5.32 Å². The summed E-state index contributed by atoms with van der Waals surface area (Å²) in [6.45, 7) is 0.384. The summed E-state index contributed by atoms with van der Waals surface area (Å²) in [5, 5.41) is 25.7. The van der Waals surface area contributed by atoms with E-state index in [1.54, 1.807) is 0 Å². The third-order valence-electron chi connectivity index (χ3n) is 4.36. The first-order valence-electron chi connectivity index (χ1n) is 7.20. The van der Waals surface area contributed by atoms with Gasteiger partial charge >= 0.3 is 5.97 Å². The minimum absolute atomic E-state index is 0.146. The number of carboxylic acids is 1. The van der Waals surface area contributed by atoms with Crippen LogP contribution in [0, 0.1) is 5.92 Å². The van der Waals surface area contributed by atoms with Crippen molar-refractivity contribution < 1.29 is 19.7 Å². The Balaban J connectivity index is 1.63. The zero-order chi connectivity index (χ0) is 15.0. The number of ether oxygens (including phenoxy) is 1. The summed E-state index contributed by atoms with van der Waals surface area (Å²) in [4.78, 5) is 10.8. The molecule has 0 unspecified atom stereocenters. The predicted octanol–water partition coefficient (Wildman–Crippen LogP) is 0.975. The number of hydrogen-bond donors (Lipinski definition) is 4. The molecule has 114 valence electrons. The van der Waals surface area contributed by atoms with E-state index in [0.717, 1.165) is 11.3 Å². The highest BCUT2D eigenvalue weighted by Crippen LogP contribution is 2.36. The van der Waals surface area contributed by atoms with Gasteiger partial charge in [-0.25, -0.2) is 0 Å². The lowest BCUT2D eigenvalue weighted by Gasteiger charge is -2.39. The Morgan fingerprint density at radius 2 is 2.14 bits per heavy atom. The number of hydrogen-bond acceptors (Lipinski definition) is 5. The first kappa shape index (κ1) is 14.2. The quantitative estimate of drug-likeness (QED) is 0.661. The highest BCUT2D eigenvalue weighted by molar-refractivity contribution is 5.71. The summed E-state index contributed by atoms with van der Waals surface area (Å²) in [5.41, 5.74) is 1.71. The second kappa shape index (κ2) is 5.54. The predicted molar refractivity (Wildman–Crippen MR) is 77.5 cm³/mol. The van der Waals surface area contributed by atoms with Gasteiger partial charge in [0.2, 0.25) is 0 Å². The Morgan fingerprint density at radius 3 is 2.81 bits per heavy atom. The average Bonchev–Trinajstić information content (AvgIpc) is 2.43. The van der Waals surface area contributed by atoms with Crippen LogP contribution >= 0.6 is 0 Å². The summed E-state index contributed by atoms with van der Waals surface area (Å²) < 4.78 is 5.71. The van der Waals surface area contributed by atoms with Crippen molar-refractivity contribution in [1.29, 1.82) is 0 Å². The van der Waals surface area contributed by atoms with Crippen molar-refractivity contribution in [2.24, 2.45) is 5.92 Å². The number of rotatable bonds is 4. The van der Waals surface area contributed by atoms with Crippen molar-refractivity contribution in [3.8, 4) is 5.75 Å². The maximum absolute atomic E-state index is 10.8. The third-order valence-corrected chi connectivity index (χ3v) is 4.36. The van der Waals surface area contributed by atoms with Crippen LogP contribution in [-0.4, -0.2) is 41.9 Å². The van der Waals surface area contributed by atoms with Crippen molar-refractivity contribution in [3.63, 3.8) is 0 Å². The topological polar surface area (TPSA) is 90.8 Å². The molecule has 1 aliphatic heterocycles. The lowest BCUT2D eigenvalue weighted by atomic mass is 9.79. The molecule has 0 radical (unpaired) electrons. The molecule has 1 heterocycles. The van der Waals surface area contributed by atoms with E-state index in [0.29, 0.717) is 25.2 Å². The summed E-state index contributed by atoms with van der Waals surface area (Å²) in [7, 11) is 1.83. The van der Waals surface area contributed by atoms with Gasteiger partial charge in [-0.1, -0.05) is 6.07 Å². The summed E-state index contributed by atoms with van der Waals surface area (Å²) in [6, 6.07) is 5.58. The molecule has 0 aromatic heterocycles. The molecule has 1 aromatic carbocycles. The van der Waals surface area contributed by atoms with E-state index >= 15 is 0 Å². The van der Waals surface area contributed by atoms with Crippen LogP contribution < -0.4 is 15.4 Å². The van der Waals surface area contributed by atoms with Crippen molar-refractivity contribution in [2.45, 2.75) is 31.0 Å². The van der Waals surface area contributed by atoms with Gasteiger partial charge in [0.25, 0.3) is 0 Å². The van der Waals surface area contributed by atoms with Gasteiger partial charge in [0.1, 0.15) is 18.5 Å². The molecule has 0 amide bonds. The van der Waals surface area contributed by atoms with E-state index in [1.807, 2.05) is 25.2 Å². The summed E-state index contributed by atoms with van der Waals surface area (Å²) >= 11 is 0. The Morgan fingerprint density at radius 1 is 1.38 bits per heavy atom. The standard InChI is InChI=1S/C15H20N2O4/c1-16-9-2-3-11-13(6-9)21-7-12(14(11)18)17-10-4-8(5-10)15(19)20/h2-3,6,8,10,12,14,16-18H,4-5,7H2,1H3,(H,19,20)/t8-,10+,12-,14+/m0/s1. The van der Waals surface area contributed by atoms with Gasteiger partial charge in [-0.2, -0.15) is 0 Å². The maximum Gasteiger partial charge on any atom is 0.306 e. The molecular weight excluding hydrogens is 272 g/mol. The number of aliphatic carboxylic acids is 1. The zero-order valence-corrected chi connectivity index (χ0v) is 11.9. The van der Waals surface area contributed by atoms with Crippen LogP contribution in [0.2, 0.25) is 0 Å². The lowest BCUT2D eigenvalue weighted by Crippen LogP contribution is -2.53. The number of nitrogens with one attached hydrogen (secondary N) is 2. The molecule has 2 atom stereocenters. The van der Waals surface area contributed by atoms with Gasteiger partial charge < -0.3 is 25.6 Å². The molecule has 1 aromatic rings. The van der Waals surface area contributed by atoms with Gasteiger partial charge in [0, 0.05) is 30.4 Å². The number of fused-ring (bicyclic) bond motifs is 1. The molecular formula is C15H20N2O4. The van der Waals surface area contributed by atoms with E-state index in [1.165, 1.54) is 0 Å². The smallest absolute Gasteiger partial charge is 0.306 e. The number of benzene rings is 1. The molecule has 1 saturated carbocycles. The normalized spacial score (nSPS) is 30.8. The van der Waals surface area contributed by atoms with Gasteiger partial charge in [0.15, 0.2) is 0 Å². The number of carbonyl (C=O) groups is 1. The Bertz CT molecular complexity index is 542. The van der Waals surface area contributed by atoms with Crippen molar-refractivity contribution >= 4 is 11.7 Å². The minimum Gasteiger partial charge on any atom is -0.491 e. The van der Waals surface area contributed by atoms with E-state index < -0.39 is 12.1 Å². The molecule has 21 heavy (non-hydrogen) atoms. The van der Waals surface area contributed by atoms with Crippen LogP contribution in [0.25, 0.3) is 0 Å². The highest BCUT2D eigenvalue weighted by Gasteiger charge is 2.38. The average molecular weight is 292 g/mol. The van der Waals surface area contributed by atoms with Gasteiger partial charge in [-0.05, 0) is 18.9 Å². The van der Waals surface area contributed by atoms with Crippen LogP contribution in [0.4, 0.5) is 5.69 Å².